The summed E-state index contributed by atoms with van der Waals surface area (Å²) in [6, 6.07) is 4.83. The van der Waals surface area contributed by atoms with Gasteiger partial charge in [-0.2, -0.15) is 18.4 Å². The first-order valence-electron chi connectivity index (χ1n) is 3.38. The summed E-state index contributed by atoms with van der Waals surface area (Å²) in [5.74, 6) is 0. The molecule has 1 nitrogen and oxygen atoms in total. The van der Waals surface area contributed by atoms with Gasteiger partial charge in [-0.3, -0.25) is 0 Å². The molecule has 0 atom stereocenters. The molecule has 0 aliphatic rings. The second-order valence-electron chi connectivity index (χ2n) is 2.49. The van der Waals surface area contributed by atoms with E-state index in [1.54, 1.807) is 0 Å². The van der Waals surface area contributed by atoms with Gasteiger partial charge in [0.1, 0.15) is 0 Å². The Morgan fingerprint density at radius 3 is 2.38 bits per heavy atom. The Hall–Kier alpha value is -1.50. The third kappa shape index (κ3) is 2.00. The molecule has 1 rings (SSSR count). The van der Waals surface area contributed by atoms with Gasteiger partial charge in [-0.15, -0.1) is 0 Å². The van der Waals surface area contributed by atoms with Crippen molar-refractivity contribution in [3.05, 3.63) is 41.8 Å². The Bertz CT molecular complexity index is 360. The molecule has 13 heavy (non-hydrogen) atoms. The minimum Gasteiger partial charge on any atom is -0.192 e. The molecule has 1 aromatic rings. The number of hydrogen-bond acceptors (Lipinski definition) is 1. The lowest BCUT2D eigenvalue weighted by Gasteiger charge is -2.08. The van der Waals surface area contributed by atoms with Crippen molar-refractivity contribution in [2.24, 2.45) is 0 Å². The van der Waals surface area contributed by atoms with Crippen molar-refractivity contribution in [2.45, 2.75) is 6.18 Å². The standard InChI is InChI=1S/C9H5F3N/c1-6-2-3-7(5-13)8(4-6)9(10,11)12/h2-4H,1H2. The molecule has 0 saturated heterocycles. The molecule has 0 spiro atoms. The molecule has 0 aliphatic heterocycles. The van der Waals surface area contributed by atoms with Gasteiger partial charge in [0, 0.05) is 0 Å². The molecule has 1 aromatic carbocycles. The summed E-state index contributed by atoms with van der Waals surface area (Å²) >= 11 is 0. The minimum absolute atomic E-state index is 0.242. The number of alkyl halides is 3. The van der Waals surface area contributed by atoms with Crippen molar-refractivity contribution in [3.63, 3.8) is 0 Å². The van der Waals surface area contributed by atoms with Crippen LogP contribution in [0, 0.1) is 18.3 Å². The van der Waals surface area contributed by atoms with Crippen molar-refractivity contribution in [2.75, 3.05) is 0 Å². The predicted molar refractivity (Wildman–Crippen MR) is 40.6 cm³/mol. The molecule has 0 heterocycles. The molecule has 0 aliphatic carbocycles. The number of halogens is 3. The van der Waals surface area contributed by atoms with Gasteiger partial charge < -0.3 is 0 Å². The fourth-order valence-corrected chi connectivity index (χ4v) is 0.923. The van der Waals surface area contributed by atoms with Crippen LogP contribution in [-0.4, -0.2) is 0 Å². The topological polar surface area (TPSA) is 23.8 Å². The van der Waals surface area contributed by atoms with Crippen LogP contribution in [0.3, 0.4) is 0 Å². The van der Waals surface area contributed by atoms with Crippen LogP contribution in [0.1, 0.15) is 16.7 Å². The second-order valence-corrected chi connectivity index (χ2v) is 2.49. The van der Waals surface area contributed by atoms with Crippen LogP contribution in [0.5, 0.6) is 0 Å². The summed E-state index contributed by atoms with van der Waals surface area (Å²) in [6.07, 6.45) is -4.49. The lowest BCUT2D eigenvalue weighted by atomic mass is 10.1. The van der Waals surface area contributed by atoms with Gasteiger partial charge >= 0.3 is 6.18 Å². The number of nitriles is 1. The van der Waals surface area contributed by atoms with E-state index < -0.39 is 11.7 Å². The van der Waals surface area contributed by atoms with Gasteiger partial charge in [0.15, 0.2) is 0 Å². The maximum absolute atomic E-state index is 12.2. The van der Waals surface area contributed by atoms with Crippen LogP contribution in [0.25, 0.3) is 0 Å². The van der Waals surface area contributed by atoms with Gasteiger partial charge in [-0.1, -0.05) is 6.07 Å². The van der Waals surface area contributed by atoms with Gasteiger partial charge in [-0.05, 0) is 24.6 Å². The highest BCUT2D eigenvalue weighted by atomic mass is 19.4. The molecule has 1 radical (unpaired) electrons. The molecular weight excluding hydrogens is 179 g/mol. The SMILES string of the molecule is [CH2]c1ccc(C#N)c(C(F)(F)F)c1. The maximum atomic E-state index is 12.2. The van der Waals surface area contributed by atoms with Crippen molar-refractivity contribution < 1.29 is 13.2 Å². The van der Waals surface area contributed by atoms with Crippen LogP contribution in [0.4, 0.5) is 13.2 Å². The first-order chi connectivity index (χ1) is 5.95. The fraction of sp³-hybridized carbons (Fsp3) is 0.111. The summed E-state index contributed by atoms with van der Waals surface area (Å²) < 4.78 is 36.7. The van der Waals surface area contributed by atoms with Crippen molar-refractivity contribution in [1.29, 1.82) is 5.26 Å². The van der Waals surface area contributed by atoms with Crippen LogP contribution >= 0.6 is 0 Å². The molecule has 4 heteroatoms. The van der Waals surface area contributed by atoms with Gasteiger partial charge in [-0.25, -0.2) is 0 Å². The zero-order chi connectivity index (χ0) is 10.1. The normalized spacial score (nSPS) is 11.0. The summed E-state index contributed by atoms with van der Waals surface area (Å²) in [5.41, 5.74) is -1.06. The van der Waals surface area contributed by atoms with Crippen LogP contribution in [0.2, 0.25) is 0 Å². The van der Waals surface area contributed by atoms with E-state index in [0.717, 1.165) is 12.1 Å². The van der Waals surface area contributed by atoms with E-state index in [9.17, 15) is 13.2 Å². The summed E-state index contributed by atoms with van der Waals surface area (Å²) in [7, 11) is 0. The lowest BCUT2D eigenvalue weighted by Crippen LogP contribution is -2.07. The number of hydrogen-bond donors (Lipinski definition) is 0. The zero-order valence-electron chi connectivity index (χ0n) is 6.52. The number of nitrogens with zero attached hydrogens (tertiary/aromatic N) is 1. The van der Waals surface area contributed by atoms with E-state index in [1.165, 1.54) is 12.1 Å². The Kier molecular flexibility index (Phi) is 2.28. The average Bonchev–Trinajstić information content (AvgIpc) is 2.03. The zero-order valence-corrected chi connectivity index (χ0v) is 6.52. The first-order valence-corrected chi connectivity index (χ1v) is 3.38. The molecule has 0 fully saturated rings. The largest absolute Gasteiger partial charge is 0.417 e. The van der Waals surface area contributed by atoms with Crippen LogP contribution in [0.15, 0.2) is 18.2 Å². The van der Waals surface area contributed by atoms with E-state index in [2.05, 4.69) is 6.92 Å². The number of benzene rings is 1. The average molecular weight is 184 g/mol. The van der Waals surface area contributed by atoms with E-state index in [0.29, 0.717) is 0 Å². The Morgan fingerprint density at radius 1 is 1.31 bits per heavy atom. The first kappa shape index (κ1) is 9.59. The van der Waals surface area contributed by atoms with E-state index in [-0.39, 0.29) is 11.1 Å². The number of rotatable bonds is 0. The monoisotopic (exact) mass is 184 g/mol. The third-order valence-corrected chi connectivity index (χ3v) is 1.51. The molecular formula is C9H5F3N. The maximum Gasteiger partial charge on any atom is 0.417 e. The summed E-state index contributed by atoms with van der Waals surface area (Å²) in [5, 5.41) is 8.40. The Labute approximate surface area is 73.4 Å². The minimum atomic E-state index is -4.49. The van der Waals surface area contributed by atoms with Crippen LogP contribution < -0.4 is 0 Å². The van der Waals surface area contributed by atoms with Crippen molar-refractivity contribution >= 4 is 0 Å². The highest BCUT2D eigenvalue weighted by molar-refractivity contribution is 5.42. The predicted octanol–water partition coefficient (Wildman–Crippen LogP) is 2.76. The Balaban J connectivity index is 3.35. The molecule has 0 unspecified atom stereocenters. The van der Waals surface area contributed by atoms with Crippen molar-refractivity contribution in [1.82, 2.24) is 0 Å². The molecule has 0 N–H and O–H groups in total. The summed E-state index contributed by atoms with van der Waals surface area (Å²) in [6.45, 7) is 3.36. The van der Waals surface area contributed by atoms with E-state index >= 15 is 0 Å². The Morgan fingerprint density at radius 2 is 1.92 bits per heavy atom. The molecule has 0 saturated carbocycles. The fourth-order valence-electron chi connectivity index (χ4n) is 0.923. The van der Waals surface area contributed by atoms with E-state index in [1.807, 2.05) is 0 Å². The third-order valence-electron chi connectivity index (χ3n) is 1.51. The smallest absolute Gasteiger partial charge is 0.192 e. The van der Waals surface area contributed by atoms with Gasteiger partial charge in [0.2, 0.25) is 0 Å². The van der Waals surface area contributed by atoms with E-state index in [4.69, 9.17) is 5.26 Å². The second kappa shape index (κ2) is 3.09. The molecule has 0 aromatic heterocycles. The highest BCUT2D eigenvalue weighted by Gasteiger charge is 2.33. The highest BCUT2D eigenvalue weighted by Crippen LogP contribution is 2.32. The quantitative estimate of drug-likeness (QED) is 0.608. The van der Waals surface area contributed by atoms with Crippen molar-refractivity contribution in [3.8, 4) is 6.07 Å². The molecule has 67 valence electrons. The van der Waals surface area contributed by atoms with Gasteiger partial charge in [0.05, 0.1) is 17.2 Å². The molecule has 0 bridgehead atoms. The van der Waals surface area contributed by atoms with Crippen LogP contribution in [-0.2, 0) is 6.18 Å². The summed E-state index contributed by atoms with van der Waals surface area (Å²) in [4.78, 5) is 0. The van der Waals surface area contributed by atoms with Gasteiger partial charge in [0.25, 0.3) is 0 Å². The lowest BCUT2D eigenvalue weighted by molar-refractivity contribution is -0.137. The molecule has 0 amide bonds.